The summed E-state index contributed by atoms with van der Waals surface area (Å²) in [5.41, 5.74) is -0.467. The highest BCUT2D eigenvalue weighted by Gasteiger charge is 2.18. The van der Waals surface area contributed by atoms with E-state index in [0.717, 1.165) is 18.2 Å². The van der Waals surface area contributed by atoms with E-state index in [9.17, 15) is 19.3 Å². The number of nitrogens with one attached hydrogen (secondary N) is 1. The van der Waals surface area contributed by atoms with Gasteiger partial charge in [-0.3, -0.25) is 14.9 Å². The Hall–Kier alpha value is -1.99. The number of hydrogen-bond acceptors (Lipinski definition) is 3. The lowest BCUT2D eigenvalue weighted by atomic mass is 10.1. The Morgan fingerprint density at radius 1 is 1.29 bits per heavy atom. The molecule has 0 unspecified atom stereocenters. The monoisotopic (exact) mass is 372 g/mol. The van der Waals surface area contributed by atoms with Crippen LogP contribution in [0.3, 0.4) is 0 Å². The number of hydrogen-bond donors (Lipinski definition) is 1. The molecule has 0 atom stereocenters. The van der Waals surface area contributed by atoms with E-state index in [1.54, 1.807) is 18.2 Å². The number of benzene rings is 2. The molecule has 2 rings (SSSR count). The molecular weight excluding hydrogens is 367 g/mol. The van der Waals surface area contributed by atoms with Gasteiger partial charge in [0.05, 0.1) is 15.6 Å². The Labute approximate surface area is 132 Å². The first-order valence-electron chi connectivity index (χ1n) is 5.59. The molecule has 0 saturated carbocycles. The highest BCUT2D eigenvalue weighted by molar-refractivity contribution is 9.10. The summed E-state index contributed by atoms with van der Waals surface area (Å²) in [4.78, 5) is 21.8. The van der Waals surface area contributed by atoms with E-state index >= 15 is 0 Å². The lowest BCUT2D eigenvalue weighted by Crippen LogP contribution is -2.12. The van der Waals surface area contributed by atoms with Gasteiger partial charge in [0.25, 0.3) is 5.91 Å². The van der Waals surface area contributed by atoms with Gasteiger partial charge in [0, 0.05) is 16.1 Å². The summed E-state index contributed by atoms with van der Waals surface area (Å²) in [6.45, 7) is 0. The maximum Gasteiger partial charge on any atom is 0.305 e. The summed E-state index contributed by atoms with van der Waals surface area (Å²) in [6, 6.07) is 7.75. The third kappa shape index (κ3) is 3.56. The Balaban J connectivity index is 2.30. The van der Waals surface area contributed by atoms with Crippen molar-refractivity contribution in [2.24, 2.45) is 0 Å². The van der Waals surface area contributed by atoms with E-state index in [1.165, 1.54) is 0 Å². The van der Waals surface area contributed by atoms with E-state index < -0.39 is 22.3 Å². The van der Waals surface area contributed by atoms with Crippen LogP contribution in [0, 0.1) is 15.9 Å². The Morgan fingerprint density at radius 2 is 2.00 bits per heavy atom. The van der Waals surface area contributed by atoms with Gasteiger partial charge in [-0.25, -0.2) is 0 Å². The van der Waals surface area contributed by atoms with Crippen molar-refractivity contribution in [3.63, 3.8) is 0 Å². The van der Waals surface area contributed by atoms with Crippen molar-refractivity contribution in [1.29, 1.82) is 0 Å². The van der Waals surface area contributed by atoms with Crippen LogP contribution in [0.4, 0.5) is 15.8 Å². The molecule has 2 aromatic carbocycles. The fraction of sp³-hybridized carbons (Fsp3) is 0. The summed E-state index contributed by atoms with van der Waals surface area (Å²) in [6.07, 6.45) is 0. The molecule has 8 heteroatoms. The van der Waals surface area contributed by atoms with Crippen molar-refractivity contribution in [3.05, 3.63) is 67.4 Å². The van der Waals surface area contributed by atoms with E-state index in [-0.39, 0.29) is 5.56 Å². The minimum Gasteiger partial charge on any atom is -0.321 e. The first-order chi connectivity index (χ1) is 9.88. The van der Waals surface area contributed by atoms with Crippen LogP contribution in [0.15, 0.2) is 40.9 Å². The average molecular weight is 374 g/mol. The van der Waals surface area contributed by atoms with E-state index in [0.29, 0.717) is 15.2 Å². The fourth-order valence-corrected chi connectivity index (χ4v) is 2.11. The first-order valence-corrected chi connectivity index (χ1v) is 6.76. The zero-order chi connectivity index (χ0) is 15.6. The first kappa shape index (κ1) is 15.4. The highest BCUT2D eigenvalue weighted by Crippen LogP contribution is 2.26. The normalized spacial score (nSPS) is 10.2. The number of carbonyl (C=O) groups is 1. The molecule has 21 heavy (non-hydrogen) atoms. The zero-order valence-corrected chi connectivity index (χ0v) is 12.6. The van der Waals surface area contributed by atoms with Crippen molar-refractivity contribution in [2.45, 2.75) is 0 Å². The van der Waals surface area contributed by atoms with Crippen LogP contribution in [-0.2, 0) is 0 Å². The van der Waals surface area contributed by atoms with Crippen LogP contribution in [0.5, 0.6) is 0 Å². The molecule has 0 aliphatic carbocycles. The van der Waals surface area contributed by atoms with Gasteiger partial charge in [-0.2, -0.15) is 4.39 Å². The molecule has 0 aromatic heterocycles. The Kier molecular flexibility index (Phi) is 4.54. The minimum absolute atomic E-state index is 0.0425. The van der Waals surface area contributed by atoms with Gasteiger partial charge in [-0.1, -0.05) is 27.5 Å². The van der Waals surface area contributed by atoms with Crippen LogP contribution in [-0.4, -0.2) is 10.8 Å². The summed E-state index contributed by atoms with van der Waals surface area (Å²) in [7, 11) is 0. The third-order valence-corrected chi connectivity index (χ3v) is 3.40. The number of carbonyl (C=O) groups excluding carboxylic acids is 1. The zero-order valence-electron chi connectivity index (χ0n) is 10.3. The van der Waals surface area contributed by atoms with E-state index in [2.05, 4.69) is 21.2 Å². The summed E-state index contributed by atoms with van der Waals surface area (Å²) < 4.78 is 13.9. The summed E-state index contributed by atoms with van der Waals surface area (Å²) in [5, 5.41) is 13.5. The number of amides is 1. The highest BCUT2D eigenvalue weighted by atomic mass is 79.9. The molecule has 0 bridgehead atoms. The van der Waals surface area contributed by atoms with Crippen LogP contribution >= 0.6 is 27.5 Å². The predicted molar refractivity (Wildman–Crippen MR) is 80.2 cm³/mol. The standard InChI is InChI=1S/C13H7BrClFN2O3/c14-8-2-3-9(15)11(6-8)17-13(19)7-1-4-10(16)12(5-7)18(20)21/h1-6H,(H,17,19). The quantitative estimate of drug-likeness (QED) is 0.640. The molecule has 0 heterocycles. The lowest BCUT2D eigenvalue weighted by Gasteiger charge is -2.08. The van der Waals surface area contributed by atoms with Crippen LogP contribution < -0.4 is 5.32 Å². The molecule has 0 radical (unpaired) electrons. The summed E-state index contributed by atoms with van der Waals surface area (Å²) >= 11 is 9.16. The van der Waals surface area contributed by atoms with Crippen molar-refractivity contribution in [2.75, 3.05) is 5.32 Å². The van der Waals surface area contributed by atoms with Crippen molar-refractivity contribution < 1.29 is 14.1 Å². The van der Waals surface area contributed by atoms with Crippen LogP contribution in [0.25, 0.3) is 0 Å². The number of nitro benzene ring substituents is 1. The molecular formula is C13H7BrClFN2O3. The molecule has 2 aromatic rings. The van der Waals surface area contributed by atoms with Crippen molar-refractivity contribution in [3.8, 4) is 0 Å². The number of rotatable bonds is 3. The van der Waals surface area contributed by atoms with Gasteiger partial charge in [0.1, 0.15) is 0 Å². The molecule has 0 spiro atoms. The molecule has 5 nitrogen and oxygen atoms in total. The SMILES string of the molecule is O=C(Nc1cc(Br)ccc1Cl)c1ccc(F)c([N+](=O)[O-])c1. The van der Waals surface area contributed by atoms with Gasteiger partial charge in [0.2, 0.25) is 5.82 Å². The maximum absolute atomic E-state index is 13.2. The van der Waals surface area contributed by atoms with Crippen LogP contribution in [0.2, 0.25) is 5.02 Å². The van der Waals surface area contributed by atoms with Gasteiger partial charge in [-0.05, 0) is 30.3 Å². The second-order valence-electron chi connectivity index (χ2n) is 4.00. The van der Waals surface area contributed by atoms with Gasteiger partial charge in [-0.15, -0.1) is 0 Å². The van der Waals surface area contributed by atoms with Gasteiger partial charge < -0.3 is 5.32 Å². The van der Waals surface area contributed by atoms with Gasteiger partial charge >= 0.3 is 5.69 Å². The maximum atomic E-state index is 13.2. The van der Waals surface area contributed by atoms with Crippen molar-refractivity contribution in [1.82, 2.24) is 0 Å². The smallest absolute Gasteiger partial charge is 0.305 e. The number of nitrogens with zero attached hydrogens (tertiary/aromatic N) is 1. The molecule has 1 N–H and O–H groups in total. The van der Waals surface area contributed by atoms with E-state index in [1.807, 2.05) is 0 Å². The number of nitro groups is 1. The fourth-order valence-electron chi connectivity index (χ4n) is 1.58. The number of halogens is 3. The van der Waals surface area contributed by atoms with E-state index in [4.69, 9.17) is 11.6 Å². The average Bonchev–Trinajstić information content (AvgIpc) is 2.43. The van der Waals surface area contributed by atoms with Gasteiger partial charge in [0.15, 0.2) is 0 Å². The lowest BCUT2D eigenvalue weighted by molar-refractivity contribution is -0.387. The number of anilines is 1. The largest absolute Gasteiger partial charge is 0.321 e. The van der Waals surface area contributed by atoms with Crippen LogP contribution in [0.1, 0.15) is 10.4 Å². The van der Waals surface area contributed by atoms with Crippen molar-refractivity contribution >= 4 is 44.8 Å². The molecule has 0 fully saturated rings. The Morgan fingerprint density at radius 3 is 2.67 bits per heavy atom. The third-order valence-electron chi connectivity index (χ3n) is 2.58. The molecule has 108 valence electrons. The molecule has 0 saturated heterocycles. The predicted octanol–water partition coefficient (Wildman–Crippen LogP) is 4.40. The Bertz CT molecular complexity index is 739. The molecule has 0 aliphatic heterocycles. The minimum atomic E-state index is -1.00. The summed E-state index contributed by atoms with van der Waals surface area (Å²) in [5.74, 6) is -1.63. The topological polar surface area (TPSA) is 72.2 Å². The molecule has 0 aliphatic rings. The molecule has 1 amide bonds. The second-order valence-corrected chi connectivity index (χ2v) is 5.32. The second kappa shape index (κ2) is 6.19.